The van der Waals surface area contributed by atoms with E-state index >= 15 is 0 Å². The number of morpholine rings is 1. The van der Waals surface area contributed by atoms with Gasteiger partial charge in [0.2, 0.25) is 9.76 Å². The molecule has 0 bridgehead atoms. The Kier molecular flexibility index (Phi) is 9.53. The summed E-state index contributed by atoms with van der Waals surface area (Å²) in [4.78, 5) is 46.9. The number of hydrogen-bond donors (Lipinski definition) is 1. The molecule has 10 nitrogen and oxygen atoms in total. The lowest BCUT2D eigenvalue weighted by atomic mass is 9.88. The molecular formula is C41H45N5O5Si. The van der Waals surface area contributed by atoms with Gasteiger partial charge in [-0.1, -0.05) is 45.0 Å². The molecule has 11 heteroatoms. The van der Waals surface area contributed by atoms with Crippen molar-refractivity contribution in [3.63, 3.8) is 0 Å². The SMILES string of the molecule is Cn1cc(-c2cccc(-n3ccc4cc(C5CC5)ccc4c3=O)c2C(C)(C)O[Si]C(C)(C)C)cc(Nc2ccc(C(=O)N3CCOCC3)cn2)c1=O. The van der Waals surface area contributed by atoms with E-state index in [4.69, 9.17) is 9.16 Å². The molecular weight excluding hydrogens is 671 g/mol. The second kappa shape index (κ2) is 13.9. The van der Waals surface area contributed by atoms with Gasteiger partial charge in [-0.05, 0) is 90.6 Å². The fourth-order valence-electron chi connectivity index (χ4n) is 6.70. The molecule has 268 valence electrons. The summed E-state index contributed by atoms with van der Waals surface area (Å²) in [6.45, 7) is 12.6. The smallest absolute Gasteiger partial charge is 0.274 e. The van der Waals surface area contributed by atoms with Crippen LogP contribution in [0, 0.1) is 0 Å². The second-order valence-corrected chi connectivity index (χ2v) is 17.2. The van der Waals surface area contributed by atoms with Gasteiger partial charge in [-0.15, -0.1) is 0 Å². The number of nitrogens with one attached hydrogen (secondary N) is 1. The number of anilines is 2. The predicted octanol–water partition coefficient (Wildman–Crippen LogP) is 6.93. The van der Waals surface area contributed by atoms with E-state index in [1.165, 1.54) is 29.2 Å². The van der Waals surface area contributed by atoms with Gasteiger partial charge in [0.25, 0.3) is 17.0 Å². The van der Waals surface area contributed by atoms with Crippen LogP contribution in [0.25, 0.3) is 27.6 Å². The van der Waals surface area contributed by atoms with Crippen LogP contribution in [0.2, 0.25) is 5.04 Å². The van der Waals surface area contributed by atoms with Crippen LogP contribution in [0.5, 0.6) is 0 Å². The van der Waals surface area contributed by atoms with E-state index in [1.807, 2.05) is 56.4 Å². The van der Waals surface area contributed by atoms with Gasteiger partial charge in [-0.2, -0.15) is 0 Å². The highest BCUT2D eigenvalue weighted by molar-refractivity contribution is 6.31. The van der Waals surface area contributed by atoms with Crippen molar-refractivity contribution in [1.29, 1.82) is 0 Å². The van der Waals surface area contributed by atoms with Crippen LogP contribution in [-0.4, -0.2) is 61.0 Å². The topological polar surface area (TPSA) is 108 Å². The number of carbonyl (C=O) groups is 1. The van der Waals surface area contributed by atoms with Crippen molar-refractivity contribution in [3.05, 3.63) is 117 Å². The molecule has 2 aromatic carbocycles. The molecule has 7 rings (SSSR count). The predicted molar refractivity (Wildman–Crippen MR) is 206 cm³/mol. The third-order valence-electron chi connectivity index (χ3n) is 9.56. The van der Waals surface area contributed by atoms with Gasteiger partial charge >= 0.3 is 0 Å². The first kappa shape index (κ1) is 35.6. The van der Waals surface area contributed by atoms with Crippen LogP contribution in [0.15, 0.2) is 88.8 Å². The fraction of sp³-hybridized carbons (Fsp3) is 0.366. The van der Waals surface area contributed by atoms with Crippen molar-refractivity contribution in [1.82, 2.24) is 19.0 Å². The molecule has 2 radical (unpaired) electrons. The van der Waals surface area contributed by atoms with Crippen LogP contribution in [0.3, 0.4) is 0 Å². The average Bonchev–Trinajstić information content (AvgIpc) is 3.99. The lowest BCUT2D eigenvalue weighted by molar-refractivity contribution is 0.0302. The minimum atomic E-state index is -0.825. The Morgan fingerprint density at radius 1 is 0.962 bits per heavy atom. The Morgan fingerprint density at radius 2 is 1.73 bits per heavy atom. The first-order valence-corrected chi connectivity index (χ1v) is 18.8. The van der Waals surface area contributed by atoms with Gasteiger partial charge in [-0.3, -0.25) is 19.0 Å². The summed E-state index contributed by atoms with van der Waals surface area (Å²) < 4.78 is 15.3. The summed E-state index contributed by atoms with van der Waals surface area (Å²) in [5, 5.41) is 4.72. The van der Waals surface area contributed by atoms with Crippen LogP contribution >= 0.6 is 0 Å². The minimum Gasteiger partial charge on any atom is -0.408 e. The van der Waals surface area contributed by atoms with Crippen molar-refractivity contribution in [2.75, 3.05) is 31.6 Å². The molecule has 5 aromatic rings. The molecule has 1 aliphatic carbocycles. The van der Waals surface area contributed by atoms with Crippen molar-refractivity contribution < 1.29 is 14.0 Å². The maximum Gasteiger partial charge on any atom is 0.274 e. The van der Waals surface area contributed by atoms with E-state index in [1.54, 1.807) is 34.8 Å². The second-order valence-electron chi connectivity index (χ2n) is 15.3. The van der Waals surface area contributed by atoms with E-state index in [0.717, 1.165) is 22.1 Å². The molecule has 1 aliphatic heterocycles. The molecule has 4 heterocycles. The molecule has 0 atom stereocenters. The summed E-state index contributed by atoms with van der Waals surface area (Å²) in [5.41, 5.74) is 4.05. The molecule has 52 heavy (non-hydrogen) atoms. The maximum absolute atomic E-state index is 14.2. The Labute approximate surface area is 306 Å². The fourth-order valence-corrected chi connectivity index (χ4v) is 7.37. The van der Waals surface area contributed by atoms with Gasteiger partial charge in [0, 0.05) is 55.2 Å². The molecule has 1 N–H and O–H groups in total. The number of benzene rings is 2. The van der Waals surface area contributed by atoms with Gasteiger partial charge in [-0.25, -0.2) is 4.98 Å². The summed E-state index contributed by atoms with van der Waals surface area (Å²) in [6.07, 6.45) is 7.59. The molecule has 3 aromatic heterocycles. The summed E-state index contributed by atoms with van der Waals surface area (Å²) >= 11 is 0. The zero-order chi connectivity index (χ0) is 36.8. The Hall–Kier alpha value is -4.84. The molecule has 2 fully saturated rings. The van der Waals surface area contributed by atoms with Crippen LogP contribution in [0.1, 0.15) is 74.9 Å². The number of fused-ring (bicyclic) bond motifs is 1. The average molecular weight is 716 g/mol. The van der Waals surface area contributed by atoms with E-state index in [2.05, 4.69) is 43.2 Å². The minimum absolute atomic E-state index is 0.0749. The monoisotopic (exact) mass is 715 g/mol. The van der Waals surface area contributed by atoms with Crippen molar-refractivity contribution >= 4 is 37.9 Å². The molecule has 1 saturated carbocycles. The molecule has 0 spiro atoms. The highest BCUT2D eigenvalue weighted by atomic mass is 28.2. The van der Waals surface area contributed by atoms with Crippen molar-refractivity contribution in [2.45, 2.75) is 64.0 Å². The third-order valence-corrected chi connectivity index (χ3v) is 10.8. The number of rotatable bonds is 9. The quantitative estimate of drug-likeness (QED) is 0.165. The highest BCUT2D eigenvalue weighted by Crippen LogP contribution is 2.42. The first-order valence-electron chi connectivity index (χ1n) is 17.8. The Balaban J connectivity index is 1.30. The lowest BCUT2D eigenvalue weighted by Crippen LogP contribution is -2.40. The van der Waals surface area contributed by atoms with Crippen LogP contribution in [0.4, 0.5) is 11.5 Å². The number of amides is 1. The standard InChI is InChI=1S/C41H45N5O5Si/c1-40(2,3)52-51-41(4,5)36-31(8-7-9-34(36)46-17-16-28-22-27(26-10-11-26)12-14-32(28)38(46)48)30-23-33(39(49)44(6)25-30)43-35-15-13-29(24-42-35)37(47)45-18-20-50-21-19-45/h7-9,12-17,22-26H,10-11,18-21H2,1-6H3,(H,42,43). The van der Waals surface area contributed by atoms with E-state index < -0.39 is 5.60 Å². The largest absolute Gasteiger partial charge is 0.408 e. The molecule has 2 aliphatic rings. The van der Waals surface area contributed by atoms with Crippen LogP contribution < -0.4 is 16.4 Å². The summed E-state index contributed by atoms with van der Waals surface area (Å²) in [5.74, 6) is 0.931. The number of ether oxygens (including phenoxy) is 1. The first-order chi connectivity index (χ1) is 24.8. The zero-order valence-electron chi connectivity index (χ0n) is 30.7. The van der Waals surface area contributed by atoms with Gasteiger partial charge in [0.1, 0.15) is 11.5 Å². The van der Waals surface area contributed by atoms with E-state index in [-0.39, 0.29) is 31.8 Å². The zero-order valence-corrected chi connectivity index (χ0v) is 31.7. The third kappa shape index (κ3) is 7.39. The number of carbonyl (C=O) groups excluding carboxylic acids is 1. The van der Waals surface area contributed by atoms with Gasteiger partial charge < -0.3 is 23.9 Å². The van der Waals surface area contributed by atoms with E-state index in [9.17, 15) is 14.4 Å². The van der Waals surface area contributed by atoms with Gasteiger partial charge in [0.05, 0.1) is 30.1 Å². The molecule has 0 unspecified atom stereocenters. The summed E-state index contributed by atoms with van der Waals surface area (Å²) in [7, 11) is 1.90. The van der Waals surface area contributed by atoms with Crippen molar-refractivity contribution in [3.8, 4) is 16.8 Å². The number of pyridine rings is 3. The summed E-state index contributed by atoms with van der Waals surface area (Å²) in [6, 6.07) is 19.3. The highest BCUT2D eigenvalue weighted by Gasteiger charge is 2.32. The Morgan fingerprint density at radius 3 is 2.42 bits per heavy atom. The van der Waals surface area contributed by atoms with Crippen LogP contribution in [-0.2, 0) is 21.8 Å². The molecule has 1 amide bonds. The number of hydrogen-bond acceptors (Lipinski definition) is 7. The number of aryl methyl sites for hydroxylation is 1. The number of aromatic nitrogens is 3. The number of nitrogens with zero attached hydrogens (tertiary/aromatic N) is 4. The normalized spacial score (nSPS) is 15.2. The van der Waals surface area contributed by atoms with Crippen molar-refractivity contribution in [2.24, 2.45) is 7.05 Å². The van der Waals surface area contributed by atoms with E-state index in [0.29, 0.717) is 60.4 Å². The maximum atomic E-state index is 14.2. The Bertz CT molecular complexity index is 2260. The van der Waals surface area contributed by atoms with Gasteiger partial charge in [0.15, 0.2) is 0 Å². The molecule has 1 saturated heterocycles. The lowest BCUT2D eigenvalue weighted by Gasteiger charge is -2.33.